The van der Waals surface area contributed by atoms with Crippen LogP contribution in [0.25, 0.3) is 0 Å². The molecule has 6 heteroatoms. The molecule has 14 heavy (non-hydrogen) atoms. The van der Waals surface area contributed by atoms with Crippen molar-refractivity contribution in [1.82, 2.24) is 9.13 Å². The molecular formula is C8H12N2O4. The minimum Gasteiger partial charge on any atom is -0.394 e. The Hall–Kier alpha value is -1.40. The van der Waals surface area contributed by atoms with Crippen molar-refractivity contribution in [2.45, 2.75) is 12.6 Å². The van der Waals surface area contributed by atoms with Gasteiger partial charge in [-0.25, -0.2) is 4.79 Å². The topological polar surface area (TPSA) is 84.5 Å². The number of aromatic nitrogens is 2. The molecule has 1 unspecified atom stereocenters. The van der Waals surface area contributed by atoms with E-state index in [0.29, 0.717) is 0 Å². The summed E-state index contributed by atoms with van der Waals surface area (Å²) in [6.45, 7) is -0.673. The molecule has 0 fully saturated rings. The summed E-state index contributed by atoms with van der Waals surface area (Å²) < 4.78 is 2.10. The molecule has 6 nitrogen and oxygen atoms in total. The fraction of sp³-hybridized carbons (Fsp3) is 0.500. The Morgan fingerprint density at radius 2 is 2.14 bits per heavy atom. The molecule has 0 aliphatic rings. The Morgan fingerprint density at radius 3 is 2.71 bits per heavy atom. The van der Waals surface area contributed by atoms with Gasteiger partial charge in [0, 0.05) is 19.3 Å². The van der Waals surface area contributed by atoms with E-state index >= 15 is 0 Å². The van der Waals surface area contributed by atoms with E-state index in [1.165, 1.54) is 23.9 Å². The second-order valence-electron chi connectivity index (χ2n) is 2.99. The van der Waals surface area contributed by atoms with Crippen LogP contribution in [0.3, 0.4) is 0 Å². The Balaban J connectivity index is 3.14. The highest BCUT2D eigenvalue weighted by molar-refractivity contribution is 4.85. The Bertz CT molecular complexity index is 420. The van der Waals surface area contributed by atoms with Gasteiger partial charge in [-0.15, -0.1) is 0 Å². The third-order valence-electron chi connectivity index (χ3n) is 1.84. The maximum atomic E-state index is 11.4. The number of aliphatic hydroxyl groups excluding tert-OH is 2. The largest absolute Gasteiger partial charge is 0.394 e. The second kappa shape index (κ2) is 4.21. The average molecular weight is 200 g/mol. The van der Waals surface area contributed by atoms with Crippen molar-refractivity contribution in [3.05, 3.63) is 33.1 Å². The van der Waals surface area contributed by atoms with Crippen LogP contribution in [0.2, 0.25) is 0 Å². The van der Waals surface area contributed by atoms with Crippen LogP contribution in [-0.4, -0.2) is 32.1 Å². The summed E-state index contributed by atoms with van der Waals surface area (Å²) >= 11 is 0. The van der Waals surface area contributed by atoms with Gasteiger partial charge in [-0.3, -0.25) is 9.36 Å². The minimum absolute atomic E-state index is 0.192. The lowest BCUT2D eigenvalue weighted by Crippen LogP contribution is -2.41. The number of hydrogen-bond acceptors (Lipinski definition) is 4. The van der Waals surface area contributed by atoms with Gasteiger partial charge in [-0.2, -0.15) is 0 Å². The zero-order valence-electron chi connectivity index (χ0n) is 7.75. The van der Waals surface area contributed by atoms with Gasteiger partial charge < -0.3 is 14.8 Å². The van der Waals surface area contributed by atoms with E-state index < -0.39 is 24.0 Å². The summed E-state index contributed by atoms with van der Waals surface area (Å²) in [5, 5.41) is 17.7. The van der Waals surface area contributed by atoms with Crippen molar-refractivity contribution in [3.8, 4) is 0 Å². The van der Waals surface area contributed by atoms with Gasteiger partial charge in [-0.05, 0) is 0 Å². The molecule has 0 saturated carbocycles. The predicted octanol–water partition coefficient (Wildman–Crippen LogP) is -2.10. The van der Waals surface area contributed by atoms with Gasteiger partial charge in [0.2, 0.25) is 0 Å². The normalized spacial score (nSPS) is 12.8. The molecule has 0 spiro atoms. The molecule has 1 aromatic rings. The van der Waals surface area contributed by atoms with Crippen molar-refractivity contribution in [2.75, 3.05) is 6.61 Å². The maximum Gasteiger partial charge on any atom is 0.330 e. The van der Waals surface area contributed by atoms with Crippen molar-refractivity contribution in [3.63, 3.8) is 0 Å². The van der Waals surface area contributed by atoms with E-state index in [4.69, 9.17) is 10.2 Å². The fourth-order valence-corrected chi connectivity index (χ4v) is 1.05. The van der Waals surface area contributed by atoms with Gasteiger partial charge >= 0.3 is 5.69 Å². The molecule has 0 amide bonds. The molecule has 0 radical (unpaired) electrons. The summed E-state index contributed by atoms with van der Waals surface area (Å²) in [5.74, 6) is 0. The van der Waals surface area contributed by atoms with Crippen LogP contribution in [0.15, 0.2) is 21.9 Å². The van der Waals surface area contributed by atoms with Gasteiger partial charge in [0.1, 0.15) is 0 Å². The standard InChI is InChI=1S/C8H12N2O4/c1-9-3-2-7(13)10(8(9)14)4-6(12)5-11/h2-3,6,11-12H,4-5H2,1H3. The lowest BCUT2D eigenvalue weighted by atomic mass is 10.4. The summed E-state index contributed by atoms with van der Waals surface area (Å²) in [6.07, 6.45) is 0.259. The lowest BCUT2D eigenvalue weighted by Gasteiger charge is -2.09. The molecule has 1 rings (SSSR count). The molecule has 1 aromatic heterocycles. The van der Waals surface area contributed by atoms with E-state index in [9.17, 15) is 9.59 Å². The Kier molecular flexibility index (Phi) is 3.21. The number of rotatable bonds is 3. The highest BCUT2D eigenvalue weighted by Gasteiger charge is 2.08. The van der Waals surface area contributed by atoms with E-state index in [1.807, 2.05) is 0 Å². The van der Waals surface area contributed by atoms with E-state index in [1.54, 1.807) is 0 Å². The zero-order chi connectivity index (χ0) is 10.7. The summed E-state index contributed by atoms with van der Waals surface area (Å²) in [5.41, 5.74) is -0.995. The predicted molar refractivity (Wildman–Crippen MR) is 49.0 cm³/mol. The van der Waals surface area contributed by atoms with Gasteiger partial charge in [0.15, 0.2) is 0 Å². The third kappa shape index (κ3) is 2.09. The van der Waals surface area contributed by atoms with E-state index in [-0.39, 0.29) is 6.54 Å². The highest BCUT2D eigenvalue weighted by Crippen LogP contribution is 1.83. The van der Waals surface area contributed by atoms with Crippen LogP contribution in [-0.2, 0) is 13.6 Å². The van der Waals surface area contributed by atoms with Gasteiger partial charge in [0.05, 0.1) is 19.3 Å². The molecule has 78 valence electrons. The van der Waals surface area contributed by atoms with Crippen LogP contribution >= 0.6 is 0 Å². The molecule has 0 bridgehead atoms. The lowest BCUT2D eigenvalue weighted by molar-refractivity contribution is 0.0789. The second-order valence-corrected chi connectivity index (χ2v) is 2.99. The van der Waals surface area contributed by atoms with Crippen molar-refractivity contribution in [2.24, 2.45) is 7.05 Å². The first kappa shape index (κ1) is 10.7. The molecular weight excluding hydrogens is 188 g/mol. The van der Waals surface area contributed by atoms with Crippen LogP contribution < -0.4 is 11.2 Å². The molecule has 0 aliphatic heterocycles. The monoisotopic (exact) mass is 200 g/mol. The van der Waals surface area contributed by atoms with Crippen LogP contribution in [0.1, 0.15) is 0 Å². The molecule has 0 aliphatic carbocycles. The Morgan fingerprint density at radius 1 is 1.50 bits per heavy atom. The first-order valence-corrected chi connectivity index (χ1v) is 4.11. The average Bonchev–Trinajstić information content (AvgIpc) is 2.18. The fourth-order valence-electron chi connectivity index (χ4n) is 1.05. The van der Waals surface area contributed by atoms with E-state index in [0.717, 1.165) is 4.57 Å². The van der Waals surface area contributed by atoms with Crippen molar-refractivity contribution < 1.29 is 10.2 Å². The number of aryl methyl sites for hydroxylation is 1. The molecule has 1 atom stereocenters. The van der Waals surface area contributed by atoms with Crippen molar-refractivity contribution >= 4 is 0 Å². The number of nitrogens with zero attached hydrogens (tertiary/aromatic N) is 2. The van der Waals surface area contributed by atoms with E-state index in [2.05, 4.69) is 0 Å². The number of hydrogen-bond donors (Lipinski definition) is 2. The molecule has 1 heterocycles. The summed E-state index contributed by atoms with van der Waals surface area (Å²) in [7, 11) is 1.50. The highest BCUT2D eigenvalue weighted by atomic mass is 16.3. The minimum atomic E-state index is -1.09. The first-order valence-electron chi connectivity index (χ1n) is 4.11. The van der Waals surface area contributed by atoms with Crippen LogP contribution in [0.5, 0.6) is 0 Å². The quantitative estimate of drug-likeness (QED) is 0.585. The third-order valence-corrected chi connectivity index (χ3v) is 1.84. The molecule has 0 aromatic carbocycles. The SMILES string of the molecule is Cn1ccc(=O)n(CC(O)CO)c1=O. The van der Waals surface area contributed by atoms with Gasteiger partial charge in [-0.1, -0.05) is 0 Å². The molecule has 2 N–H and O–H groups in total. The van der Waals surface area contributed by atoms with Gasteiger partial charge in [0.25, 0.3) is 5.56 Å². The van der Waals surface area contributed by atoms with Crippen molar-refractivity contribution in [1.29, 1.82) is 0 Å². The zero-order valence-corrected chi connectivity index (χ0v) is 7.75. The maximum absolute atomic E-state index is 11.4. The Labute approximate surface area is 79.7 Å². The summed E-state index contributed by atoms with van der Waals surface area (Å²) in [4.78, 5) is 22.6. The van der Waals surface area contributed by atoms with Crippen LogP contribution in [0.4, 0.5) is 0 Å². The molecule has 0 saturated heterocycles. The summed E-state index contributed by atoms with van der Waals surface area (Å²) in [6, 6.07) is 1.23. The smallest absolute Gasteiger partial charge is 0.330 e. The first-order chi connectivity index (χ1) is 6.56. The number of aliphatic hydroxyl groups is 2. The van der Waals surface area contributed by atoms with Crippen LogP contribution in [0, 0.1) is 0 Å².